The lowest BCUT2D eigenvalue weighted by Crippen LogP contribution is -2.38. The molecule has 1 amide bonds. The molecule has 0 unspecified atom stereocenters. The summed E-state index contributed by atoms with van der Waals surface area (Å²) in [5, 5.41) is 11.7. The van der Waals surface area contributed by atoms with E-state index in [-0.39, 0.29) is 5.91 Å². The number of aryl methyl sites for hydroxylation is 1. The zero-order chi connectivity index (χ0) is 19.5. The SMILES string of the molecule is Cc1c(-c2ccnc3cc(C(=O)NCCCN4CCOCC4)nn23)cnn1C. The molecular formula is C19H25N7O2. The molecule has 1 saturated heterocycles. The summed E-state index contributed by atoms with van der Waals surface area (Å²) in [5.74, 6) is -0.179. The minimum atomic E-state index is -0.179. The van der Waals surface area contributed by atoms with Crippen molar-refractivity contribution in [2.24, 2.45) is 7.05 Å². The number of fused-ring (bicyclic) bond motifs is 1. The highest BCUT2D eigenvalue weighted by Gasteiger charge is 2.16. The monoisotopic (exact) mass is 383 g/mol. The number of nitrogens with one attached hydrogen (secondary N) is 1. The first kappa shape index (κ1) is 18.6. The maximum atomic E-state index is 12.5. The van der Waals surface area contributed by atoms with Gasteiger partial charge < -0.3 is 10.1 Å². The largest absolute Gasteiger partial charge is 0.379 e. The van der Waals surface area contributed by atoms with Crippen LogP contribution in [0.25, 0.3) is 16.9 Å². The van der Waals surface area contributed by atoms with Crippen LogP contribution in [0.15, 0.2) is 24.5 Å². The van der Waals surface area contributed by atoms with Gasteiger partial charge in [-0.2, -0.15) is 10.2 Å². The molecule has 3 aromatic heterocycles. The Morgan fingerprint density at radius 3 is 2.89 bits per heavy atom. The topological polar surface area (TPSA) is 89.6 Å². The van der Waals surface area contributed by atoms with Gasteiger partial charge in [0, 0.05) is 50.2 Å². The Bertz CT molecular complexity index is 972. The number of aromatic nitrogens is 5. The number of carbonyl (C=O) groups excluding carboxylic acids is 1. The molecule has 3 aromatic rings. The highest BCUT2D eigenvalue weighted by molar-refractivity contribution is 5.93. The van der Waals surface area contributed by atoms with Crippen LogP contribution in [0.5, 0.6) is 0 Å². The summed E-state index contributed by atoms with van der Waals surface area (Å²) >= 11 is 0. The molecule has 1 N–H and O–H groups in total. The van der Waals surface area contributed by atoms with Gasteiger partial charge in [0.2, 0.25) is 0 Å². The molecule has 9 heteroatoms. The number of amides is 1. The summed E-state index contributed by atoms with van der Waals surface area (Å²) in [6, 6.07) is 3.60. The molecule has 0 radical (unpaired) electrons. The Hall–Kier alpha value is -2.78. The molecule has 0 aromatic carbocycles. The van der Waals surface area contributed by atoms with Crippen LogP contribution in [0.1, 0.15) is 22.6 Å². The van der Waals surface area contributed by atoms with Crippen LogP contribution in [0.4, 0.5) is 0 Å². The summed E-state index contributed by atoms with van der Waals surface area (Å²) in [6.07, 6.45) is 4.43. The standard InChI is InChI=1S/C19H25N7O2/c1-14-15(13-22-24(14)2)17-4-6-20-18-12-16(23-26(17)18)19(27)21-5-3-7-25-8-10-28-11-9-25/h4,6,12-13H,3,5,7-11H2,1-2H3,(H,21,27). The van der Waals surface area contributed by atoms with Crippen LogP contribution in [-0.2, 0) is 11.8 Å². The summed E-state index contributed by atoms with van der Waals surface area (Å²) in [4.78, 5) is 19.2. The number of morpholine rings is 1. The first-order valence-electron chi connectivity index (χ1n) is 9.55. The zero-order valence-corrected chi connectivity index (χ0v) is 16.3. The average molecular weight is 383 g/mol. The van der Waals surface area contributed by atoms with Gasteiger partial charge in [-0.25, -0.2) is 9.50 Å². The van der Waals surface area contributed by atoms with Gasteiger partial charge in [0.15, 0.2) is 11.3 Å². The minimum absolute atomic E-state index is 0.179. The van der Waals surface area contributed by atoms with Gasteiger partial charge in [-0.3, -0.25) is 14.4 Å². The molecule has 0 saturated carbocycles. The first-order valence-corrected chi connectivity index (χ1v) is 9.55. The van der Waals surface area contributed by atoms with E-state index in [9.17, 15) is 4.79 Å². The number of carbonyl (C=O) groups is 1. The summed E-state index contributed by atoms with van der Waals surface area (Å²) < 4.78 is 8.86. The second-order valence-corrected chi connectivity index (χ2v) is 6.96. The van der Waals surface area contributed by atoms with Crippen LogP contribution in [0.2, 0.25) is 0 Å². The second kappa shape index (κ2) is 8.07. The summed E-state index contributed by atoms with van der Waals surface area (Å²) in [6.45, 7) is 7.08. The lowest BCUT2D eigenvalue weighted by atomic mass is 10.2. The molecule has 0 spiro atoms. The molecule has 0 bridgehead atoms. The fraction of sp³-hybridized carbons (Fsp3) is 0.474. The molecule has 9 nitrogen and oxygen atoms in total. The van der Waals surface area contributed by atoms with E-state index in [2.05, 4.69) is 25.4 Å². The van der Waals surface area contributed by atoms with Crippen molar-refractivity contribution in [3.8, 4) is 11.3 Å². The van der Waals surface area contributed by atoms with Crippen molar-refractivity contribution in [2.75, 3.05) is 39.4 Å². The van der Waals surface area contributed by atoms with Crippen LogP contribution in [-0.4, -0.2) is 74.6 Å². The molecule has 0 atom stereocenters. The van der Waals surface area contributed by atoms with E-state index in [1.54, 1.807) is 23.0 Å². The normalized spacial score (nSPS) is 15.2. The highest BCUT2D eigenvalue weighted by Crippen LogP contribution is 2.23. The van der Waals surface area contributed by atoms with E-state index in [0.717, 1.165) is 56.2 Å². The van der Waals surface area contributed by atoms with E-state index in [1.165, 1.54) is 0 Å². The maximum absolute atomic E-state index is 12.5. The van der Waals surface area contributed by atoms with Crippen LogP contribution in [0, 0.1) is 6.92 Å². The van der Waals surface area contributed by atoms with E-state index in [4.69, 9.17) is 4.74 Å². The Morgan fingerprint density at radius 2 is 2.14 bits per heavy atom. The molecule has 1 fully saturated rings. The molecule has 4 rings (SSSR count). The third kappa shape index (κ3) is 3.76. The van der Waals surface area contributed by atoms with Crippen molar-refractivity contribution >= 4 is 11.6 Å². The predicted molar refractivity (Wildman–Crippen MR) is 104 cm³/mol. The van der Waals surface area contributed by atoms with Gasteiger partial charge in [-0.1, -0.05) is 0 Å². The van der Waals surface area contributed by atoms with Crippen molar-refractivity contribution in [3.05, 3.63) is 35.9 Å². The number of hydrogen-bond donors (Lipinski definition) is 1. The lowest BCUT2D eigenvalue weighted by Gasteiger charge is -2.26. The van der Waals surface area contributed by atoms with Crippen molar-refractivity contribution in [1.29, 1.82) is 0 Å². The molecule has 4 heterocycles. The third-order valence-corrected chi connectivity index (χ3v) is 5.14. The Balaban J connectivity index is 1.43. The second-order valence-electron chi connectivity index (χ2n) is 6.96. The quantitative estimate of drug-likeness (QED) is 0.636. The molecule has 1 aliphatic rings. The van der Waals surface area contributed by atoms with Crippen molar-refractivity contribution in [2.45, 2.75) is 13.3 Å². The Labute approximate surface area is 163 Å². The van der Waals surface area contributed by atoms with E-state index in [1.807, 2.05) is 24.7 Å². The molecule has 28 heavy (non-hydrogen) atoms. The molecule has 1 aliphatic heterocycles. The third-order valence-electron chi connectivity index (χ3n) is 5.14. The van der Waals surface area contributed by atoms with Gasteiger partial charge in [-0.15, -0.1) is 0 Å². The van der Waals surface area contributed by atoms with Crippen LogP contribution < -0.4 is 5.32 Å². The Morgan fingerprint density at radius 1 is 1.32 bits per heavy atom. The van der Waals surface area contributed by atoms with Gasteiger partial charge in [0.1, 0.15) is 0 Å². The fourth-order valence-corrected chi connectivity index (χ4v) is 3.38. The fourth-order valence-electron chi connectivity index (χ4n) is 3.38. The zero-order valence-electron chi connectivity index (χ0n) is 16.3. The minimum Gasteiger partial charge on any atom is -0.379 e. The Kier molecular flexibility index (Phi) is 5.36. The smallest absolute Gasteiger partial charge is 0.271 e. The van der Waals surface area contributed by atoms with Gasteiger partial charge in [0.25, 0.3) is 5.91 Å². The van der Waals surface area contributed by atoms with Crippen molar-refractivity contribution in [1.82, 2.24) is 34.6 Å². The van der Waals surface area contributed by atoms with E-state index < -0.39 is 0 Å². The number of nitrogens with zero attached hydrogens (tertiary/aromatic N) is 6. The maximum Gasteiger partial charge on any atom is 0.271 e. The van der Waals surface area contributed by atoms with Gasteiger partial charge >= 0.3 is 0 Å². The van der Waals surface area contributed by atoms with E-state index in [0.29, 0.717) is 17.9 Å². The predicted octanol–water partition coefficient (Wildman–Crippen LogP) is 0.890. The van der Waals surface area contributed by atoms with Crippen LogP contribution >= 0.6 is 0 Å². The number of rotatable bonds is 6. The lowest BCUT2D eigenvalue weighted by molar-refractivity contribution is 0.0374. The molecule has 0 aliphatic carbocycles. The molecule has 148 valence electrons. The first-order chi connectivity index (χ1) is 13.6. The van der Waals surface area contributed by atoms with Gasteiger partial charge in [-0.05, 0) is 26.0 Å². The van der Waals surface area contributed by atoms with Crippen molar-refractivity contribution < 1.29 is 9.53 Å². The number of hydrogen-bond acceptors (Lipinski definition) is 6. The number of ether oxygens (including phenoxy) is 1. The average Bonchev–Trinajstić information content (AvgIpc) is 3.30. The molecular weight excluding hydrogens is 358 g/mol. The highest BCUT2D eigenvalue weighted by atomic mass is 16.5. The van der Waals surface area contributed by atoms with Gasteiger partial charge in [0.05, 0.1) is 25.1 Å². The summed E-state index contributed by atoms with van der Waals surface area (Å²) in [7, 11) is 1.90. The van der Waals surface area contributed by atoms with Crippen molar-refractivity contribution in [3.63, 3.8) is 0 Å². The van der Waals surface area contributed by atoms with Crippen LogP contribution in [0.3, 0.4) is 0 Å². The van der Waals surface area contributed by atoms with E-state index >= 15 is 0 Å². The summed E-state index contributed by atoms with van der Waals surface area (Å²) in [5.41, 5.74) is 3.86.